The van der Waals surface area contributed by atoms with Crippen molar-refractivity contribution in [2.45, 2.75) is 84.0 Å². The summed E-state index contributed by atoms with van der Waals surface area (Å²) in [5.41, 5.74) is 0.751. The Balaban J connectivity index is 1.77. The zero-order chi connectivity index (χ0) is 18.2. The number of likely N-dealkylation sites (tertiary alicyclic amines) is 1. The molecule has 1 atom stereocenters. The van der Waals surface area contributed by atoms with Crippen molar-refractivity contribution in [1.82, 2.24) is 9.88 Å². The predicted octanol–water partition coefficient (Wildman–Crippen LogP) is 4.53. The normalized spacial score (nSPS) is 21.6. The maximum Gasteiger partial charge on any atom is 0.416 e. The van der Waals surface area contributed by atoms with E-state index < -0.39 is 5.60 Å². The molecule has 0 N–H and O–H groups in total. The number of nitrogens with zero attached hydrogens (tertiary/aromatic N) is 3. The molecular formula is C20H31N3O2. The summed E-state index contributed by atoms with van der Waals surface area (Å²) in [4.78, 5) is 21.5. The van der Waals surface area contributed by atoms with Crippen molar-refractivity contribution in [3.8, 4) is 0 Å². The molecule has 0 aromatic carbocycles. The van der Waals surface area contributed by atoms with E-state index in [-0.39, 0.29) is 12.1 Å². The Morgan fingerprint density at radius 1 is 1.28 bits per heavy atom. The predicted molar refractivity (Wildman–Crippen MR) is 99.8 cm³/mol. The second-order valence-electron chi connectivity index (χ2n) is 8.52. The van der Waals surface area contributed by atoms with Crippen LogP contribution < -0.4 is 4.90 Å². The van der Waals surface area contributed by atoms with Crippen molar-refractivity contribution >= 4 is 11.9 Å². The zero-order valence-electron chi connectivity index (χ0n) is 16.2. The number of hydrogen-bond donors (Lipinski definition) is 0. The summed E-state index contributed by atoms with van der Waals surface area (Å²) in [6.07, 6.45) is 6.10. The van der Waals surface area contributed by atoms with Gasteiger partial charge in [0.05, 0.1) is 0 Å². The highest BCUT2D eigenvalue weighted by atomic mass is 16.6. The van der Waals surface area contributed by atoms with Crippen LogP contribution in [0.3, 0.4) is 0 Å². The number of aromatic nitrogens is 1. The van der Waals surface area contributed by atoms with Crippen LogP contribution in [0, 0.1) is 0 Å². The first kappa shape index (κ1) is 18.2. The highest BCUT2D eigenvalue weighted by Gasteiger charge is 2.37. The lowest BCUT2D eigenvalue weighted by atomic mass is 10.1. The average molecular weight is 345 g/mol. The van der Waals surface area contributed by atoms with E-state index in [4.69, 9.17) is 4.74 Å². The van der Waals surface area contributed by atoms with Crippen molar-refractivity contribution in [2.75, 3.05) is 11.4 Å². The number of rotatable bonds is 4. The maximum absolute atomic E-state index is 12.6. The first-order valence-electron chi connectivity index (χ1n) is 9.50. The molecule has 138 valence electrons. The van der Waals surface area contributed by atoms with Gasteiger partial charge in [-0.25, -0.2) is 9.78 Å². The largest absolute Gasteiger partial charge is 0.443 e. The number of carbonyl (C=O) groups is 1. The molecule has 5 heteroatoms. The molecule has 3 rings (SSSR count). The Bertz CT molecular complexity index is 602. The second-order valence-corrected chi connectivity index (χ2v) is 8.52. The Morgan fingerprint density at radius 2 is 2.00 bits per heavy atom. The summed E-state index contributed by atoms with van der Waals surface area (Å²) in [5, 5.41) is 0. The van der Waals surface area contributed by atoms with Crippen LogP contribution in [0.25, 0.3) is 0 Å². The molecule has 2 heterocycles. The fourth-order valence-corrected chi connectivity index (χ4v) is 3.58. The number of anilines is 1. The standard InChI is InChI=1S/C20H31N3O2/c1-14(2)22-12-6-7-17(22)15-8-11-18(21-13-15)23(16-9-10-16)19(24)25-20(3,4)5/h8,11,13-14,16-17H,6-7,9-10,12H2,1-5H3. The lowest BCUT2D eigenvalue weighted by molar-refractivity contribution is 0.0576. The van der Waals surface area contributed by atoms with Crippen LogP contribution in [0.4, 0.5) is 10.6 Å². The molecule has 0 radical (unpaired) electrons. The van der Waals surface area contributed by atoms with Gasteiger partial charge < -0.3 is 4.74 Å². The minimum Gasteiger partial charge on any atom is -0.443 e. The van der Waals surface area contributed by atoms with Gasteiger partial charge in [0.1, 0.15) is 11.4 Å². The second kappa shape index (κ2) is 6.94. The molecule has 1 aromatic rings. The van der Waals surface area contributed by atoms with E-state index in [9.17, 15) is 4.79 Å². The van der Waals surface area contributed by atoms with Gasteiger partial charge in [-0.1, -0.05) is 6.07 Å². The molecule has 1 amide bonds. The summed E-state index contributed by atoms with van der Waals surface area (Å²) in [7, 11) is 0. The smallest absolute Gasteiger partial charge is 0.416 e. The first-order chi connectivity index (χ1) is 11.8. The highest BCUT2D eigenvalue weighted by molar-refractivity contribution is 5.88. The van der Waals surface area contributed by atoms with Crippen molar-refractivity contribution in [3.63, 3.8) is 0 Å². The maximum atomic E-state index is 12.6. The Morgan fingerprint density at radius 3 is 2.52 bits per heavy atom. The fourth-order valence-electron chi connectivity index (χ4n) is 3.58. The van der Waals surface area contributed by atoms with Crippen LogP contribution >= 0.6 is 0 Å². The molecule has 0 spiro atoms. The number of amides is 1. The van der Waals surface area contributed by atoms with E-state index in [1.807, 2.05) is 33.0 Å². The van der Waals surface area contributed by atoms with Crippen LogP contribution in [0.5, 0.6) is 0 Å². The molecule has 2 fully saturated rings. The highest BCUT2D eigenvalue weighted by Crippen LogP contribution is 2.35. The monoisotopic (exact) mass is 345 g/mol. The molecule has 1 aliphatic carbocycles. The molecule has 5 nitrogen and oxygen atoms in total. The first-order valence-corrected chi connectivity index (χ1v) is 9.50. The number of hydrogen-bond acceptors (Lipinski definition) is 4. The lowest BCUT2D eigenvalue weighted by Gasteiger charge is -2.29. The topological polar surface area (TPSA) is 45.7 Å². The van der Waals surface area contributed by atoms with E-state index >= 15 is 0 Å². The van der Waals surface area contributed by atoms with E-state index in [1.165, 1.54) is 18.4 Å². The Kier molecular flexibility index (Phi) is 5.05. The third kappa shape index (κ3) is 4.32. The summed E-state index contributed by atoms with van der Waals surface area (Å²) < 4.78 is 5.57. The van der Waals surface area contributed by atoms with Gasteiger partial charge in [-0.15, -0.1) is 0 Å². The molecule has 1 saturated heterocycles. The van der Waals surface area contributed by atoms with Crippen LogP contribution in [0.2, 0.25) is 0 Å². The van der Waals surface area contributed by atoms with Crippen molar-refractivity contribution in [2.24, 2.45) is 0 Å². The fraction of sp³-hybridized carbons (Fsp3) is 0.700. The molecular weight excluding hydrogens is 314 g/mol. The van der Waals surface area contributed by atoms with Gasteiger partial charge in [0.15, 0.2) is 0 Å². The Labute approximate surface area is 151 Å². The van der Waals surface area contributed by atoms with Gasteiger partial charge in [0.2, 0.25) is 0 Å². The lowest BCUT2D eigenvalue weighted by Crippen LogP contribution is -2.38. The van der Waals surface area contributed by atoms with Gasteiger partial charge in [-0.3, -0.25) is 9.80 Å². The van der Waals surface area contributed by atoms with Gasteiger partial charge >= 0.3 is 6.09 Å². The SMILES string of the molecule is CC(C)N1CCCC1c1ccc(N(C(=O)OC(C)(C)C)C2CC2)nc1. The quantitative estimate of drug-likeness (QED) is 0.804. The summed E-state index contributed by atoms with van der Waals surface area (Å²) >= 11 is 0. The van der Waals surface area contributed by atoms with Crippen molar-refractivity contribution in [3.05, 3.63) is 23.9 Å². The third-order valence-electron chi connectivity index (χ3n) is 4.86. The molecule has 0 bridgehead atoms. The minimum atomic E-state index is -0.494. The average Bonchev–Trinajstić information content (AvgIpc) is 3.21. The summed E-state index contributed by atoms with van der Waals surface area (Å²) in [6.45, 7) is 11.3. The van der Waals surface area contributed by atoms with Crippen LogP contribution in [0.1, 0.15) is 71.9 Å². The minimum absolute atomic E-state index is 0.229. The van der Waals surface area contributed by atoms with E-state index in [0.29, 0.717) is 17.9 Å². The molecule has 1 unspecified atom stereocenters. The van der Waals surface area contributed by atoms with Gasteiger partial charge in [0.25, 0.3) is 0 Å². The van der Waals surface area contributed by atoms with E-state index in [1.54, 1.807) is 4.90 Å². The van der Waals surface area contributed by atoms with Gasteiger partial charge in [0, 0.05) is 24.3 Å². The molecule has 1 saturated carbocycles. The van der Waals surface area contributed by atoms with Crippen LogP contribution in [-0.4, -0.2) is 40.2 Å². The number of ether oxygens (including phenoxy) is 1. The zero-order valence-corrected chi connectivity index (χ0v) is 16.2. The van der Waals surface area contributed by atoms with Gasteiger partial charge in [-0.2, -0.15) is 0 Å². The van der Waals surface area contributed by atoms with E-state index in [2.05, 4.69) is 29.8 Å². The Hall–Kier alpha value is -1.62. The number of pyridine rings is 1. The summed E-state index contributed by atoms with van der Waals surface area (Å²) in [6, 6.07) is 5.32. The molecule has 2 aliphatic rings. The van der Waals surface area contributed by atoms with Crippen molar-refractivity contribution in [1.29, 1.82) is 0 Å². The van der Waals surface area contributed by atoms with Crippen molar-refractivity contribution < 1.29 is 9.53 Å². The molecule has 1 aliphatic heterocycles. The van der Waals surface area contributed by atoms with E-state index in [0.717, 1.165) is 19.4 Å². The summed E-state index contributed by atoms with van der Waals surface area (Å²) in [5.74, 6) is 0.703. The molecule has 1 aromatic heterocycles. The van der Waals surface area contributed by atoms with Crippen LogP contribution in [-0.2, 0) is 4.74 Å². The van der Waals surface area contributed by atoms with Crippen LogP contribution in [0.15, 0.2) is 18.3 Å². The molecule has 25 heavy (non-hydrogen) atoms. The number of carbonyl (C=O) groups excluding carboxylic acids is 1. The van der Waals surface area contributed by atoms with Gasteiger partial charge in [-0.05, 0) is 78.5 Å². The third-order valence-corrected chi connectivity index (χ3v) is 4.86.